The van der Waals surface area contributed by atoms with Gasteiger partial charge in [0.15, 0.2) is 0 Å². The third-order valence-corrected chi connectivity index (χ3v) is 11.2. The summed E-state index contributed by atoms with van der Waals surface area (Å²) in [5, 5.41) is 32.2. The lowest BCUT2D eigenvalue weighted by molar-refractivity contribution is 0.445. The van der Waals surface area contributed by atoms with Crippen LogP contribution < -0.4 is 0 Å². The number of benzene rings is 3. The van der Waals surface area contributed by atoms with Crippen LogP contribution >= 0.6 is 0 Å². The molecule has 0 bridgehead atoms. The molecule has 3 N–H and O–H groups in total. The van der Waals surface area contributed by atoms with Gasteiger partial charge >= 0.3 is 0 Å². The first-order chi connectivity index (χ1) is 28.8. The van der Waals surface area contributed by atoms with Crippen molar-refractivity contribution in [3.05, 3.63) is 143 Å². The molecular weight excluding hydrogens is 775 g/mol. The van der Waals surface area contributed by atoms with Gasteiger partial charge in [0.05, 0.1) is 17.1 Å². The number of hydrogen-bond donors (Lipinski definition) is 3. The van der Waals surface area contributed by atoms with E-state index in [-0.39, 0.29) is 32.5 Å². The van der Waals surface area contributed by atoms with E-state index in [9.17, 15) is 15.3 Å². The van der Waals surface area contributed by atoms with Crippen LogP contribution in [0.15, 0.2) is 110 Å². The Morgan fingerprint density at radius 2 is 0.524 bits per heavy atom. The van der Waals surface area contributed by atoms with Gasteiger partial charge in [-0.15, -0.1) is 0 Å². The predicted octanol–water partition coefficient (Wildman–Crippen LogP) is 15.1. The normalized spacial score (nSPS) is 12.5. The van der Waals surface area contributed by atoms with Crippen LogP contribution in [0.1, 0.15) is 158 Å². The molecule has 336 valence electrons. The summed E-state index contributed by atoms with van der Waals surface area (Å²) in [4.78, 5) is 13.2. The topological polar surface area (TPSA) is 99.4 Å². The molecule has 6 rings (SSSR count). The molecule has 63 heavy (non-hydrogen) atoms. The molecule has 0 aliphatic carbocycles. The molecule has 0 saturated carbocycles. The number of pyridine rings is 3. The zero-order valence-electron chi connectivity index (χ0n) is 41.6. The van der Waals surface area contributed by atoms with E-state index in [1.807, 2.05) is 54.6 Å². The van der Waals surface area contributed by atoms with E-state index in [0.29, 0.717) is 17.2 Å². The van der Waals surface area contributed by atoms with Gasteiger partial charge < -0.3 is 15.3 Å². The summed E-state index contributed by atoms with van der Waals surface area (Å²) >= 11 is 0. The highest BCUT2D eigenvalue weighted by atomic mass is 16.3. The van der Waals surface area contributed by atoms with Crippen LogP contribution in [0.4, 0.5) is 0 Å². The van der Waals surface area contributed by atoms with E-state index in [4.69, 9.17) is 0 Å². The van der Waals surface area contributed by atoms with Crippen LogP contribution in [-0.4, -0.2) is 30.3 Å². The lowest BCUT2D eigenvalue weighted by atomic mass is 9.78. The second-order valence-electron chi connectivity index (χ2n) is 22.9. The molecule has 0 atom stereocenters. The molecule has 0 aliphatic heterocycles. The first kappa shape index (κ1) is 50.2. The maximum atomic E-state index is 10.7. The van der Waals surface area contributed by atoms with Crippen LogP contribution in [0.3, 0.4) is 0 Å². The molecular formula is C57H75N3O3. The largest absolute Gasteiger partial charge is 0.507 e. The maximum Gasteiger partial charge on any atom is 0.128 e. The quantitative estimate of drug-likeness (QED) is 0.164. The van der Waals surface area contributed by atoms with Gasteiger partial charge in [0.2, 0.25) is 0 Å². The highest BCUT2D eigenvalue weighted by molar-refractivity contribution is 5.73. The van der Waals surface area contributed by atoms with E-state index < -0.39 is 0 Å². The lowest BCUT2D eigenvalue weighted by Gasteiger charge is -2.27. The fourth-order valence-electron chi connectivity index (χ4n) is 7.07. The second kappa shape index (κ2) is 18.7. The smallest absolute Gasteiger partial charge is 0.128 e. The summed E-state index contributed by atoms with van der Waals surface area (Å²) in [6, 6.07) is 29.9. The third kappa shape index (κ3) is 12.8. The van der Waals surface area contributed by atoms with Crippen LogP contribution in [0.5, 0.6) is 17.2 Å². The highest BCUT2D eigenvalue weighted by Gasteiger charge is 2.28. The number of phenolic OH excluding ortho intramolecular Hbond substituents is 3. The Kier molecular flexibility index (Phi) is 14.9. The number of aromatic nitrogens is 3. The van der Waals surface area contributed by atoms with Crippen molar-refractivity contribution in [3.8, 4) is 51.0 Å². The molecule has 0 unspecified atom stereocenters. The summed E-state index contributed by atoms with van der Waals surface area (Å²) < 4.78 is 0. The van der Waals surface area contributed by atoms with Crippen LogP contribution in [-0.2, 0) is 32.5 Å². The zero-order valence-corrected chi connectivity index (χ0v) is 41.6. The molecule has 6 nitrogen and oxygen atoms in total. The molecule has 0 spiro atoms. The Morgan fingerprint density at radius 1 is 0.302 bits per heavy atom. The van der Waals surface area contributed by atoms with E-state index in [2.05, 4.69) is 176 Å². The van der Waals surface area contributed by atoms with Gasteiger partial charge in [-0.1, -0.05) is 161 Å². The Balaban J connectivity index is 0.000000207. The van der Waals surface area contributed by atoms with Crippen LogP contribution in [0.25, 0.3) is 33.8 Å². The van der Waals surface area contributed by atoms with Gasteiger partial charge in [0.25, 0.3) is 0 Å². The van der Waals surface area contributed by atoms with E-state index in [0.717, 1.165) is 50.5 Å². The van der Waals surface area contributed by atoms with E-state index in [1.54, 1.807) is 18.6 Å². The number of phenols is 3. The monoisotopic (exact) mass is 850 g/mol. The zero-order chi connectivity index (χ0) is 47.5. The minimum atomic E-state index is -0.116. The average Bonchev–Trinajstić information content (AvgIpc) is 3.17. The SMILES string of the molecule is CC(C)(C)c1cc(-c2ccccn2)c(O)c(C(C)(C)C)c1.CC(C)(C)c1cc(-c2ccccn2)c(O)c(C(C)(C)C)c1.CC(C)(C)c1cc(-c2ccccn2)c(O)c(C(C)(C)C)c1. The second-order valence-corrected chi connectivity index (χ2v) is 22.9. The van der Waals surface area contributed by atoms with Crippen molar-refractivity contribution in [3.63, 3.8) is 0 Å². The minimum Gasteiger partial charge on any atom is -0.507 e. The number of hydrogen-bond acceptors (Lipinski definition) is 6. The van der Waals surface area contributed by atoms with Crippen LogP contribution in [0, 0.1) is 0 Å². The maximum absolute atomic E-state index is 10.7. The number of aromatic hydroxyl groups is 3. The van der Waals surface area contributed by atoms with Crippen molar-refractivity contribution in [2.24, 2.45) is 0 Å². The van der Waals surface area contributed by atoms with Crippen molar-refractivity contribution in [2.45, 2.75) is 157 Å². The van der Waals surface area contributed by atoms with Gasteiger partial charge in [-0.2, -0.15) is 0 Å². The van der Waals surface area contributed by atoms with Crippen molar-refractivity contribution in [1.29, 1.82) is 0 Å². The summed E-state index contributed by atoms with van der Waals surface area (Å²) in [5.41, 5.74) is 11.1. The third-order valence-electron chi connectivity index (χ3n) is 11.2. The molecule has 3 heterocycles. The minimum absolute atomic E-state index is 0.0250. The Hall–Kier alpha value is -5.49. The van der Waals surface area contributed by atoms with Crippen LogP contribution in [0.2, 0.25) is 0 Å². The summed E-state index contributed by atoms with van der Waals surface area (Å²) in [6.45, 7) is 38.8. The predicted molar refractivity (Wildman–Crippen MR) is 266 cm³/mol. The highest BCUT2D eigenvalue weighted by Crippen LogP contribution is 2.44. The Bertz CT molecular complexity index is 2170. The molecule has 6 aromatic rings. The number of nitrogens with zero attached hydrogens (tertiary/aromatic N) is 3. The summed E-state index contributed by atoms with van der Waals surface area (Å²) in [6.07, 6.45) is 5.28. The molecule has 0 saturated heterocycles. The molecule has 0 amide bonds. The fourth-order valence-corrected chi connectivity index (χ4v) is 7.07. The molecule has 3 aromatic carbocycles. The van der Waals surface area contributed by atoms with Gasteiger partial charge in [0, 0.05) is 52.0 Å². The number of rotatable bonds is 3. The first-order valence-electron chi connectivity index (χ1n) is 22.2. The van der Waals surface area contributed by atoms with Crippen molar-refractivity contribution in [2.75, 3.05) is 0 Å². The molecule has 0 fully saturated rings. The van der Waals surface area contributed by atoms with Gasteiger partial charge in [0.1, 0.15) is 17.2 Å². The Labute approximate surface area is 380 Å². The van der Waals surface area contributed by atoms with E-state index >= 15 is 0 Å². The van der Waals surface area contributed by atoms with Gasteiger partial charge in [-0.25, -0.2) is 0 Å². The Morgan fingerprint density at radius 3 is 0.683 bits per heavy atom. The summed E-state index contributed by atoms with van der Waals surface area (Å²) in [5.74, 6) is 1.03. The first-order valence-corrected chi connectivity index (χ1v) is 22.2. The standard InChI is InChI=1S/3C19H25NO/c3*1-18(2,3)13-11-14(16-9-7-8-10-20-16)17(21)15(12-13)19(4,5)6/h3*7-12,21H,1-6H3. The van der Waals surface area contributed by atoms with Crippen molar-refractivity contribution < 1.29 is 15.3 Å². The molecule has 6 heteroatoms. The van der Waals surface area contributed by atoms with Gasteiger partial charge in [-0.05, 0) is 104 Å². The fraction of sp³-hybridized carbons (Fsp3) is 0.421. The van der Waals surface area contributed by atoms with Crippen molar-refractivity contribution >= 4 is 0 Å². The van der Waals surface area contributed by atoms with Gasteiger partial charge in [-0.3, -0.25) is 15.0 Å². The van der Waals surface area contributed by atoms with E-state index in [1.165, 1.54) is 16.7 Å². The molecule has 0 aliphatic rings. The lowest BCUT2D eigenvalue weighted by Crippen LogP contribution is -2.17. The summed E-state index contributed by atoms with van der Waals surface area (Å²) in [7, 11) is 0. The molecule has 0 radical (unpaired) electrons. The average molecular weight is 850 g/mol. The van der Waals surface area contributed by atoms with Crippen molar-refractivity contribution in [1.82, 2.24) is 15.0 Å². The molecule has 3 aromatic heterocycles.